The van der Waals surface area contributed by atoms with Crippen molar-refractivity contribution in [2.45, 2.75) is 129 Å². The Balaban J connectivity index is 2.02. The molecule has 12 atom stereocenters. The standard InChI is InChI=1S/C32H58N4O8/c1-17(2)24-30(41)35(10)16-18(3)15-32(7,42)27(44-31-26(38)23(34(8)9)14-19(4)43-31)20(5)25(37)21(6)29(40)36-13-11-12-22(36)28(39)33-24/h17-27,31,37-38,42H,11-16H2,1-10H3,(H,33,39)/t18-,19-,20+,21-,22-,23+,24+,25+,26-,27-,31+,32-/m1/s1. The van der Waals surface area contributed by atoms with Gasteiger partial charge >= 0.3 is 0 Å². The molecule has 0 aromatic heterocycles. The summed E-state index contributed by atoms with van der Waals surface area (Å²) in [5.74, 6) is -3.06. The van der Waals surface area contributed by atoms with E-state index >= 15 is 0 Å². The molecule has 3 aliphatic rings. The normalized spacial score (nSPS) is 42.2. The van der Waals surface area contributed by atoms with Crippen LogP contribution in [0.1, 0.15) is 74.1 Å². The third-order valence-electron chi connectivity index (χ3n) is 9.88. The molecule has 0 bridgehead atoms. The first-order valence-corrected chi connectivity index (χ1v) is 16.3. The summed E-state index contributed by atoms with van der Waals surface area (Å²) < 4.78 is 12.5. The Hall–Kier alpha value is -1.83. The minimum atomic E-state index is -1.54. The molecule has 0 saturated carbocycles. The summed E-state index contributed by atoms with van der Waals surface area (Å²) in [6.45, 7) is 13.2. The largest absolute Gasteiger partial charge is 0.392 e. The van der Waals surface area contributed by atoms with Gasteiger partial charge in [0.1, 0.15) is 18.2 Å². The second-order valence-electron chi connectivity index (χ2n) is 14.6. The number of rotatable bonds is 4. The molecule has 3 aliphatic heterocycles. The quantitative estimate of drug-likeness (QED) is 0.355. The summed E-state index contributed by atoms with van der Waals surface area (Å²) in [6, 6.07) is -1.77. The lowest BCUT2D eigenvalue weighted by Crippen LogP contribution is -2.60. The minimum absolute atomic E-state index is 0.188. The lowest BCUT2D eigenvalue weighted by Gasteiger charge is -2.47. The first-order chi connectivity index (χ1) is 20.4. The molecule has 0 spiro atoms. The number of ether oxygens (including phenoxy) is 2. The molecule has 3 saturated heterocycles. The Labute approximate surface area is 263 Å². The molecule has 3 fully saturated rings. The molecule has 254 valence electrons. The maximum absolute atomic E-state index is 13.8. The Morgan fingerprint density at radius 1 is 1.07 bits per heavy atom. The van der Waals surface area contributed by atoms with Crippen molar-refractivity contribution in [2.24, 2.45) is 23.7 Å². The van der Waals surface area contributed by atoms with Gasteiger partial charge in [0, 0.05) is 32.1 Å². The summed E-state index contributed by atoms with van der Waals surface area (Å²) in [5, 5.41) is 37.9. The van der Waals surface area contributed by atoms with Gasteiger partial charge in [0.25, 0.3) is 0 Å². The Kier molecular flexibility index (Phi) is 12.3. The van der Waals surface area contributed by atoms with E-state index in [4.69, 9.17) is 9.47 Å². The lowest BCUT2D eigenvalue weighted by atomic mass is 9.77. The van der Waals surface area contributed by atoms with Crippen LogP contribution in [0.3, 0.4) is 0 Å². The maximum Gasteiger partial charge on any atom is 0.245 e. The number of aliphatic hydroxyl groups is 3. The van der Waals surface area contributed by atoms with Gasteiger partial charge in [-0.05, 0) is 65.5 Å². The highest BCUT2D eigenvalue weighted by Crippen LogP contribution is 2.36. The van der Waals surface area contributed by atoms with E-state index in [0.717, 1.165) is 0 Å². The van der Waals surface area contributed by atoms with Crippen LogP contribution in [0, 0.1) is 23.7 Å². The number of aliphatic hydroxyl groups excluding tert-OH is 2. The minimum Gasteiger partial charge on any atom is -0.392 e. The second-order valence-corrected chi connectivity index (χ2v) is 14.6. The first-order valence-electron chi connectivity index (χ1n) is 16.3. The van der Waals surface area contributed by atoms with Gasteiger partial charge < -0.3 is 44.8 Å². The average Bonchev–Trinajstić information content (AvgIpc) is 3.43. The van der Waals surface area contributed by atoms with Crippen molar-refractivity contribution >= 4 is 17.7 Å². The van der Waals surface area contributed by atoms with Gasteiger partial charge in [-0.2, -0.15) is 0 Å². The molecular formula is C32H58N4O8. The molecular weight excluding hydrogens is 568 g/mol. The third-order valence-corrected chi connectivity index (χ3v) is 9.88. The van der Waals surface area contributed by atoms with E-state index in [9.17, 15) is 29.7 Å². The fourth-order valence-corrected chi connectivity index (χ4v) is 7.43. The fraction of sp³-hybridized carbons (Fsp3) is 0.906. The predicted molar refractivity (Wildman–Crippen MR) is 165 cm³/mol. The van der Waals surface area contributed by atoms with Gasteiger partial charge in [-0.15, -0.1) is 0 Å². The molecule has 0 aliphatic carbocycles. The summed E-state index contributed by atoms with van der Waals surface area (Å²) in [5.41, 5.74) is -1.54. The topological polar surface area (TPSA) is 152 Å². The van der Waals surface area contributed by atoms with Crippen LogP contribution in [0.15, 0.2) is 0 Å². The number of likely N-dealkylation sites (N-methyl/N-ethyl adjacent to an activating group) is 2. The Morgan fingerprint density at radius 2 is 1.70 bits per heavy atom. The summed E-state index contributed by atoms with van der Waals surface area (Å²) in [7, 11) is 5.43. The smallest absolute Gasteiger partial charge is 0.245 e. The van der Waals surface area contributed by atoms with Crippen LogP contribution in [-0.4, -0.2) is 136 Å². The molecule has 12 nitrogen and oxygen atoms in total. The van der Waals surface area contributed by atoms with E-state index < -0.39 is 54.1 Å². The van der Waals surface area contributed by atoms with Crippen molar-refractivity contribution in [3.63, 3.8) is 0 Å². The first kappa shape index (κ1) is 36.6. The molecule has 12 heteroatoms. The van der Waals surface area contributed by atoms with Gasteiger partial charge in [-0.25, -0.2) is 0 Å². The fourth-order valence-electron chi connectivity index (χ4n) is 7.43. The highest BCUT2D eigenvalue weighted by Gasteiger charge is 2.49. The van der Waals surface area contributed by atoms with Crippen molar-refractivity contribution in [2.75, 3.05) is 34.2 Å². The number of nitrogens with zero attached hydrogens (tertiary/aromatic N) is 3. The SMILES string of the molecule is CC(C)[C@@H]1NC(=O)[C@H]2CCCN2C(=O)[C@H](C)[C@@H](O)[C@H](C)[C@@H](O[C@@H]2O[C@H](C)C[C@H](N(C)C)[C@H]2O)[C@](C)(O)C[C@@H](C)CN(C)C1=O. The number of carbonyl (C=O) groups excluding carboxylic acids is 3. The second kappa shape index (κ2) is 14.7. The van der Waals surface area contributed by atoms with E-state index in [1.807, 2.05) is 46.7 Å². The lowest BCUT2D eigenvalue weighted by molar-refractivity contribution is -0.299. The number of amides is 3. The number of hydrogen-bond acceptors (Lipinski definition) is 9. The van der Waals surface area contributed by atoms with Crippen molar-refractivity contribution in [1.29, 1.82) is 0 Å². The summed E-state index contributed by atoms with van der Waals surface area (Å²) >= 11 is 0. The van der Waals surface area contributed by atoms with Crippen LogP contribution in [0.25, 0.3) is 0 Å². The molecule has 4 N–H and O–H groups in total. The number of carbonyl (C=O) groups is 3. The highest BCUT2D eigenvalue weighted by atomic mass is 16.7. The van der Waals surface area contributed by atoms with Crippen molar-refractivity contribution < 1.29 is 39.2 Å². The average molecular weight is 627 g/mol. The highest BCUT2D eigenvalue weighted by molar-refractivity contribution is 5.93. The van der Waals surface area contributed by atoms with Crippen LogP contribution >= 0.6 is 0 Å². The third kappa shape index (κ3) is 8.11. The van der Waals surface area contributed by atoms with E-state index in [2.05, 4.69) is 5.32 Å². The van der Waals surface area contributed by atoms with E-state index in [0.29, 0.717) is 32.4 Å². The van der Waals surface area contributed by atoms with Crippen LogP contribution in [0.2, 0.25) is 0 Å². The molecule has 0 aromatic rings. The Bertz CT molecular complexity index is 1010. The van der Waals surface area contributed by atoms with E-state index in [1.54, 1.807) is 32.7 Å². The van der Waals surface area contributed by atoms with Gasteiger partial charge in [0.2, 0.25) is 17.7 Å². The molecule has 3 heterocycles. The monoisotopic (exact) mass is 626 g/mol. The molecule has 3 amide bonds. The maximum atomic E-state index is 13.8. The molecule has 0 radical (unpaired) electrons. The number of nitrogens with one attached hydrogen (secondary N) is 1. The predicted octanol–water partition coefficient (Wildman–Crippen LogP) is 0.812. The van der Waals surface area contributed by atoms with Crippen LogP contribution in [-0.2, 0) is 23.9 Å². The van der Waals surface area contributed by atoms with Crippen LogP contribution in [0.5, 0.6) is 0 Å². The molecule has 0 aromatic carbocycles. The van der Waals surface area contributed by atoms with Gasteiger partial charge in [-0.1, -0.05) is 34.6 Å². The zero-order chi connectivity index (χ0) is 33.3. The summed E-state index contributed by atoms with van der Waals surface area (Å²) in [6.07, 6.45) is -2.72. The van der Waals surface area contributed by atoms with E-state index in [-0.39, 0.29) is 48.1 Å². The zero-order valence-corrected chi connectivity index (χ0v) is 28.4. The number of fused-ring (bicyclic) bond motifs is 1. The summed E-state index contributed by atoms with van der Waals surface area (Å²) in [4.78, 5) is 45.9. The molecule has 3 rings (SSSR count). The molecule has 0 unspecified atom stereocenters. The van der Waals surface area contributed by atoms with Crippen molar-refractivity contribution in [3.05, 3.63) is 0 Å². The van der Waals surface area contributed by atoms with Gasteiger partial charge in [0.15, 0.2) is 6.29 Å². The molecule has 44 heavy (non-hydrogen) atoms. The number of hydrogen-bond donors (Lipinski definition) is 4. The Morgan fingerprint density at radius 3 is 2.30 bits per heavy atom. The van der Waals surface area contributed by atoms with Crippen LogP contribution < -0.4 is 5.32 Å². The van der Waals surface area contributed by atoms with Crippen molar-refractivity contribution in [3.8, 4) is 0 Å². The van der Waals surface area contributed by atoms with Crippen LogP contribution in [0.4, 0.5) is 0 Å². The van der Waals surface area contributed by atoms with Gasteiger partial charge in [-0.3, -0.25) is 14.4 Å². The van der Waals surface area contributed by atoms with E-state index in [1.165, 1.54) is 4.90 Å². The zero-order valence-electron chi connectivity index (χ0n) is 28.4. The van der Waals surface area contributed by atoms with Crippen molar-refractivity contribution in [1.82, 2.24) is 20.0 Å². The van der Waals surface area contributed by atoms with Gasteiger partial charge in [0.05, 0.1) is 29.8 Å².